The van der Waals surface area contributed by atoms with Gasteiger partial charge in [0.15, 0.2) is 11.5 Å². The van der Waals surface area contributed by atoms with E-state index in [1.54, 1.807) is 6.20 Å². The fraction of sp³-hybridized carbons (Fsp3) is 0.250. The summed E-state index contributed by atoms with van der Waals surface area (Å²) in [5.41, 5.74) is 7.18. The Morgan fingerprint density at radius 3 is 2.78 bits per heavy atom. The molecule has 1 fully saturated rings. The molecule has 0 amide bonds. The SMILES string of the molecule is Cc1ncc(C)n2nc(-c3ccn4cc(-c5cccc(N6CC[C@H](F)C6)c5)nc4c3)nc12. The van der Waals surface area contributed by atoms with E-state index in [0.717, 1.165) is 51.7 Å². The Bertz CT molecular complexity index is 1430. The van der Waals surface area contributed by atoms with E-state index in [2.05, 4.69) is 21.0 Å². The first-order valence-corrected chi connectivity index (χ1v) is 10.7. The predicted molar refractivity (Wildman–Crippen MR) is 122 cm³/mol. The molecular weight excluding hydrogens is 405 g/mol. The molecule has 4 aromatic heterocycles. The summed E-state index contributed by atoms with van der Waals surface area (Å²) in [4.78, 5) is 16.0. The van der Waals surface area contributed by atoms with Crippen molar-refractivity contribution in [1.29, 1.82) is 0 Å². The lowest BCUT2D eigenvalue weighted by Crippen LogP contribution is -2.19. The fourth-order valence-corrected chi connectivity index (χ4v) is 4.29. The van der Waals surface area contributed by atoms with E-state index in [1.807, 2.05) is 65.5 Å². The lowest BCUT2D eigenvalue weighted by Gasteiger charge is -2.18. The van der Waals surface area contributed by atoms with Crippen LogP contribution in [0.5, 0.6) is 0 Å². The average molecular weight is 427 g/mol. The van der Waals surface area contributed by atoms with E-state index >= 15 is 0 Å². The van der Waals surface area contributed by atoms with Gasteiger partial charge < -0.3 is 9.30 Å². The number of imidazole rings is 1. The van der Waals surface area contributed by atoms with Crippen LogP contribution in [0.15, 0.2) is 55.0 Å². The molecule has 0 bridgehead atoms. The summed E-state index contributed by atoms with van der Waals surface area (Å²) < 4.78 is 17.5. The van der Waals surface area contributed by atoms with E-state index in [4.69, 9.17) is 9.97 Å². The zero-order chi connectivity index (χ0) is 21.8. The van der Waals surface area contributed by atoms with Crippen LogP contribution in [-0.4, -0.2) is 48.2 Å². The second-order valence-corrected chi connectivity index (χ2v) is 8.35. The highest BCUT2D eigenvalue weighted by Crippen LogP contribution is 2.28. The molecule has 160 valence electrons. The summed E-state index contributed by atoms with van der Waals surface area (Å²) in [6.07, 6.45) is 5.63. The van der Waals surface area contributed by atoms with Crippen molar-refractivity contribution in [3.05, 3.63) is 66.4 Å². The van der Waals surface area contributed by atoms with Crippen molar-refractivity contribution in [2.75, 3.05) is 18.0 Å². The molecule has 1 atom stereocenters. The maximum atomic E-state index is 13.6. The normalized spacial score (nSPS) is 16.5. The fourth-order valence-electron chi connectivity index (χ4n) is 4.29. The first kappa shape index (κ1) is 18.9. The van der Waals surface area contributed by atoms with E-state index in [1.165, 1.54) is 0 Å². The standard InChI is InChI=1S/C24H22FN7/c1-15-12-26-16(2)24-28-23(29-32(15)24)18-6-8-31-14-21(27-22(31)11-18)17-4-3-5-20(10-17)30-9-7-19(25)13-30/h3-6,8,10-12,14,19H,7,9,13H2,1-2H3/t19-/m0/s1. The summed E-state index contributed by atoms with van der Waals surface area (Å²) >= 11 is 0. The maximum absolute atomic E-state index is 13.6. The molecule has 0 saturated carbocycles. The summed E-state index contributed by atoms with van der Waals surface area (Å²) in [6, 6.07) is 12.1. The second-order valence-electron chi connectivity index (χ2n) is 8.35. The topological polar surface area (TPSA) is 63.6 Å². The molecule has 6 rings (SSSR count). The number of aromatic nitrogens is 6. The van der Waals surface area contributed by atoms with Gasteiger partial charge in [0.1, 0.15) is 11.8 Å². The number of anilines is 1. The summed E-state index contributed by atoms with van der Waals surface area (Å²) in [5, 5.41) is 4.67. The Balaban J connectivity index is 1.37. The van der Waals surface area contributed by atoms with Crippen molar-refractivity contribution in [3.63, 3.8) is 0 Å². The molecule has 0 unspecified atom stereocenters. The van der Waals surface area contributed by atoms with E-state index in [-0.39, 0.29) is 0 Å². The van der Waals surface area contributed by atoms with Crippen molar-refractivity contribution < 1.29 is 4.39 Å². The minimum atomic E-state index is -0.746. The minimum absolute atomic E-state index is 0.457. The van der Waals surface area contributed by atoms with Crippen molar-refractivity contribution in [2.45, 2.75) is 26.4 Å². The largest absolute Gasteiger partial charge is 0.368 e. The Hall–Kier alpha value is -3.81. The molecular formula is C24H22FN7. The number of benzene rings is 1. The molecule has 7 nitrogen and oxygen atoms in total. The summed E-state index contributed by atoms with van der Waals surface area (Å²) in [7, 11) is 0. The Morgan fingerprint density at radius 1 is 1.06 bits per heavy atom. The van der Waals surface area contributed by atoms with Crippen LogP contribution >= 0.6 is 0 Å². The molecule has 1 aliphatic heterocycles. The predicted octanol–water partition coefficient (Wildman–Crippen LogP) is 4.27. The third-order valence-electron chi connectivity index (χ3n) is 6.07. The number of nitrogens with zero attached hydrogens (tertiary/aromatic N) is 7. The molecule has 0 spiro atoms. The van der Waals surface area contributed by atoms with Crippen LogP contribution in [0.25, 0.3) is 33.9 Å². The monoisotopic (exact) mass is 427 g/mol. The van der Waals surface area contributed by atoms with Crippen LogP contribution in [0.4, 0.5) is 10.1 Å². The van der Waals surface area contributed by atoms with Gasteiger partial charge in [-0.1, -0.05) is 12.1 Å². The van der Waals surface area contributed by atoms with Crippen LogP contribution in [0.2, 0.25) is 0 Å². The van der Waals surface area contributed by atoms with E-state index in [0.29, 0.717) is 18.8 Å². The van der Waals surface area contributed by atoms with Crippen LogP contribution in [0, 0.1) is 13.8 Å². The Kier molecular flexibility index (Phi) is 4.21. The number of aryl methyl sites for hydroxylation is 2. The highest BCUT2D eigenvalue weighted by atomic mass is 19.1. The average Bonchev–Trinajstić information content (AvgIpc) is 3.54. The molecule has 0 aliphatic carbocycles. The van der Waals surface area contributed by atoms with Gasteiger partial charge in [-0.3, -0.25) is 4.98 Å². The Labute approximate surface area is 184 Å². The van der Waals surface area contributed by atoms with Gasteiger partial charge in [-0.25, -0.2) is 18.9 Å². The van der Waals surface area contributed by atoms with Gasteiger partial charge in [0.25, 0.3) is 0 Å². The second kappa shape index (κ2) is 7.12. The van der Waals surface area contributed by atoms with Gasteiger partial charge in [-0.2, -0.15) is 0 Å². The molecule has 8 heteroatoms. The summed E-state index contributed by atoms with van der Waals surface area (Å²) in [5.74, 6) is 0.646. The number of alkyl halides is 1. The van der Waals surface area contributed by atoms with Crippen LogP contribution in [0.1, 0.15) is 17.8 Å². The number of hydrogen-bond donors (Lipinski definition) is 0. The zero-order valence-electron chi connectivity index (χ0n) is 17.9. The van der Waals surface area contributed by atoms with Gasteiger partial charge in [-0.15, -0.1) is 5.10 Å². The molecule has 5 heterocycles. The number of rotatable bonds is 3. The maximum Gasteiger partial charge on any atom is 0.182 e. The van der Waals surface area contributed by atoms with Crippen molar-refractivity contribution in [3.8, 4) is 22.6 Å². The van der Waals surface area contributed by atoms with E-state index in [9.17, 15) is 4.39 Å². The molecule has 0 N–H and O–H groups in total. The minimum Gasteiger partial charge on any atom is -0.368 e. The zero-order valence-corrected chi connectivity index (χ0v) is 17.9. The van der Waals surface area contributed by atoms with Crippen LogP contribution in [-0.2, 0) is 0 Å². The Morgan fingerprint density at radius 2 is 1.97 bits per heavy atom. The summed E-state index contributed by atoms with van der Waals surface area (Å²) in [6.45, 7) is 5.10. The number of pyridine rings is 1. The quantitative estimate of drug-likeness (QED) is 0.430. The van der Waals surface area contributed by atoms with Gasteiger partial charge in [0, 0.05) is 48.5 Å². The van der Waals surface area contributed by atoms with E-state index < -0.39 is 6.17 Å². The molecule has 1 aliphatic rings. The van der Waals surface area contributed by atoms with Crippen molar-refractivity contribution in [1.82, 2.24) is 29.0 Å². The third-order valence-corrected chi connectivity index (χ3v) is 6.07. The molecule has 32 heavy (non-hydrogen) atoms. The lowest BCUT2D eigenvalue weighted by atomic mass is 10.1. The van der Waals surface area contributed by atoms with Crippen molar-refractivity contribution >= 4 is 17.0 Å². The highest BCUT2D eigenvalue weighted by molar-refractivity contribution is 5.70. The third kappa shape index (κ3) is 3.10. The highest BCUT2D eigenvalue weighted by Gasteiger charge is 2.22. The number of halogens is 1. The lowest BCUT2D eigenvalue weighted by molar-refractivity contribution is 0.364. The molecule has 1 aromatic carbocycles. The van der Waals surface area contributed by atoms with Gasteiger partial charge in [0.05, 0.1) is 17.1 Å². The van der Waals surface area contributed by atoms with Gasteiger partial charge >= 0.3 is 0 Å². The molecule has 5 aromatic rings. The van der Waals surface area contributed by atoms with Crippen molar-refractivity contribution in [2.24, 2.45) is 0 Å². The smallest absolute Gasteiger partial charge is 0.182 e. The van der Waals surface area contributed by atoms with Crippen LogP contribution in [0.3, 0.4) is 0 Å². The van der Waals surface area contributed by atoms with Gasteiger partial charge in [-0.05, 0) is 44.5 Å². The first-order valence-electron chi connectivity index (χ1n) is 10.7. The molecule has 1 saturated heterocycles. The number of hydrogen-bond acceptors (Lipinski definition) is 5. The first-order chi connectivity index (χ1) is 15.5. The van der Waals surface area contributed by atoms with Gasteiger partial charge in [0.2, 0.25) is 0 Å². The van der Waals surface area contributed by atoms with Crippen LogP contribution < -0.4 is 4.90 Å². The number of fused-ring (bicyclic) bond motifs is 2. The molecule has 0 radical (unpaired) electrons.